The van der Waals surface area contributed by atoms with Gasteiger partial charge in [-0.25, -0.2) is 9.37 Å². The lowest BCUT2D eigenvalue weighted by atomic mass is 10.1. The van der Waals surface area contributed by atoms with Crippen molar-refractivity contribution in [3.05, 3.63) is 83.8 Å². The van der Waals surface area contributed by atoms with Gasteiger partial charge in [0.25, 0.3) is 5.91 Å². The second-order valence-corrected chi connectivity index (χ2v) is 6.29. The van der Waals surface area contributed by atoms with Gasteiger partial charge in [-0.2, -0.15) is 0 Å². The maximum absolute atomic E-state index is 12.9. The van der Waals surface area contributed by atoms with E-state index in [0.717, 1.165) is 6.42 Å². The Bertz CT molecular complexity index is 1000. The molecule has 1 aromatic heterocycles. The van der Waals surface area contributed by atoms with Crippen LogP contribution in [0.5, 0.6) is 11.6 Å². The molecule has 0 bridgehead atoms. The van der Waals surface area contributed by atoms with E-state index in [1.54, 1.807) is 12.1 Å². The van der Waals surface area contributed by atoms with E-state index in [1.165, 1.54) is 36.0 Å². The topological polar surface area (TPSA) is 98.8 Å². The summed E-state index contributed by atoms with van der Waals surface area (Å²) in [6.45, 7) is 1.78. The minimum atomic E-state index is -0.350. The summed E-state index contributed by atoms with van der Waals surface area (Å²) in [5.74, 6) is 0.134. The molecule has 0 fully saturated rings. The molecule has 0 unspecified atom stereocenters. The third kappa shape index (κ3) is 6.03. The number of halogens is 1. The first kappa shape index (κ1) is 20.8. The van der Waals surface area contributed by atoms with Crippen molar-refractivity contribution in [1.82, 2.24) is 4.98 Å². The fourth-order valence-corrected chi connectivity index (χ4v) is 2.45. The number of amides is 1. The van der Waals surface area contributed by atoms with Crippen LogP contribution in [0.2, 0.25) is 0 Å². The van der Waals surface area contributed by atoms with Gasteiger partial charge >= 0.3 is 0 Å². The normalized spacial score (nSPS) is 11.1. The van der Waals surface area contributed by atoms with E-state index in [1.807, 2.05) is 24.3 Å². The first-order valence-electron chi connectivity index (χ1n) is 9.27. The third-order valence-electron chi connectivity index (χ3n) is 4.07. The molecule has 8 heteroatoms. The number of hydrogen-bond donors (Lipinski definition) is 2. The summed E-state index contributed by atoms with van der Waals surface area (Å²) >= 11 is 0. The van der Waals surface area contributed by atoms with E-state index in [-0.39, 0.29) is 24.2 Å². The Kier molecular flexibility index (Phi) is 6.94. The first-order valence-corrected chi connectivity index (χ1v) is 9.27. The number of carbonyl (C=O) groups excluding carboxylic acids is 1. The van der Waals surface area contributed by atoms with Crippen molar-refractivity contribution >= 4 is 17.4 Å². The average Bonchev–Trinajstić information content (AvgIpc) is 2.76. The molecule has 154 valence electrons. The molecule has 0 saturated heterocycles. The number of pyridine rings is 1. The summed E-state index contributed by atoms with van der Waals surface area (Å²) in [5.41, 5.74) is 8.22. The molecule has 0 saturated carbocycles. The molecule has 3 N–H and O–H groups in total. The van der Waals surface area contributed by atoms with Gasteiger partial charge in [0.2, 0.25) is 5.88 Å². The van der Waals surface area contributed by atoms with Crippen LogP contribution in [0.1, 0.15) is 18.1 Å². The number of hydrogen-bond acceptors (Lipinski definition) is 5. The number of nitrogens with two attached hydrogens (primary N) is 1. The van der Waals surface area contributed by atoms with Crippen molar-refractivity contribution in [2.45, 2.75) is 13.3 Å². The smallest absolute Gasteiger partial charge is 0.265 e. The number of rotatable bonds is 8. The van der Waals surface area contributed by atoms with Gasteiger partial charge < -0.3 is 20.6 Å². The number of ether oxygens (including phenoxy) is 1. The van der Waals surface area contributed by atoms with E-state index in [2.05, 4.69) is 22.4 Å². The van der Waals surface area contributed by atoms with Crippen molar-refractivity contribution in [3.8, 4) is 11.6 Å². The largest absolute Gasteiger partial charge is 0.439 e. The van der Waals surface area contributed by atoms with Gasteiger partial charge in [0, 0.05) is 23.5 Å². The molecule has 3 aromatic rings. The highest BCUT2D eigenvalue weighted by Crippen LogP contribution is 2.19. The molecule has 1 heterocycles. The Morgan fingerprint density at radius 3 is 2.47 bits per heavy atom. The summed E-state index contributed by atoms with van der Waals surface area (Å²) in [4.78, 5) is 21.1. The van der Waals surface area contributed by atoms with Crippen LogP contribution in [0.25, 0.3) is 0 Å². The molecule has 1 amide bonds. The number of nitrogens with zero attached hydrogens (tertiary/aromatic N) is 2. The second-order valence-electron chi connectivity index (χ2n) is 6.29. The fraction of sp³-hybridized carbons (Fsp3) is 0.136. The van der Waals surface area contributed by atoms with Crippen LogP contribution >= 0.6 is 0 Å². The lowest BCUT2D eigenvalue weighted by Gasteiger charge is -2.07. The number of amidine groups is 1. The second kappa shape index (κ2) is 10.0. The number of benzene rings is 2. The van der Waals surface area contributed by atoms with Gasteiger partial charge in [0.05, 0.1) is 0 Å². The lowest BCUT2D eigenvalue weighted by molar-refractivity contribution is -0.120. The van der Waals surface area contributed by atoms with Crippen LogP contribution in [-0.4, -0.2) is 23.3 Å². The molecule has 0 aliphatic carbocycles. The zero-order chi connectivity index (χ0) is 21.3. The van der Waals surface area contributed by atoms with Gasteiger partial charge in [0.15, 0.2) is 12.4 Å². The van der Waals surface area contributed by atoms with Crippen LogP contribution < -0.4 is 15.8 Å². The Hall–Kier alpha value is -3.94. The Balaban J connectivity index is 1.49. The van der Waals surface area contributed by atoms with E-state index >= 15 is 0 Å². The molecule has 0 aliphatic heterocycles. The molecule has 3 rings (SSSR count). The summed E-state index contributed by atoms with van der Waals surface area (Å²) in [6.07, 6.45) is 2.38. The van der Waals surface area contributed by atoms with Crippen LogP contribution in [-0.2, 0) is 16.1 Å². The number of aromatic nitrogens is 1. The monoisotopic (exact) mass is 408 g/mol. The van der Waals surface area contributed by atoms with Gasteiger partial charge in [-0.05, 0) is 54.4 Å². The highest BCUT2D eigenvalue weighted by molar-refractivity contribution is 5.97. The van der Waals surface area contributed by atoms with Crippen molar-refractivity contribution < 1.29 is 18.8 Å². The lowest BCUT2D eigenvalue weighted by Crippen LogP contribution is -2.19. The highest BCUT2D eigenvalue weighted by Gasteiger charge is 2.06. The Morgan fingerprint density at radius 1 is 1.10 bits per heavy atom. The van der Waals surface area contributed by atoms with Crippen molar-refractivity contribution in [1.29, 1.82) is 0 Å². The summed E-state index contributed by atoms with van der Waals surface area (Å²) < 4.78 is 18.4. The Labute approximate surface area is 173 Å². The fourth-order valence-electron chi connectivity index (χ4n) is 2.45. The Morgan fingerprint density at radius 2 is 1.83 bits per heavy atom. The molecular weight excluding hydrogens is 387 g/mol. The average molecular weight is 408 g/mol. The van der Waals surface area contributed by atoms with Crippen molar-refractivity contribution in [2.75, 3.05) is 11.9 Å². The van der Waals surface area contributed by atoms with Crippen LogP contribution in [0.3, 0.4) is 0 Å². The van der Waals surface area contributed by atoms with E-state index < -0.39 is 0 Å². The van der Waals surface area contributed by atoms with E-state index in [0.29, 0.717) is 22.9 Å². The third-order valence-corrected chi connectivity index (χ3v) is 4.07. The van der Waals surface area contributed by atoms with Crippen LogP contribution in [0.4, 0.5) is 10.1 Å². The van der Waals surface area contributed by atoms with Gasteiger partial charge in [-0.1, -0.05) is 24.2 Å². The highest BCUT2D eigenvalue weighted by atomic mass is 19.1. The van der Waals surface area contributed by atoms with Gasteiger partial charge in [0.1, 0.15) is 11.6 Å². The predicted octanol–water partition coefficient (Wildman–Crippen LogP) is 3.85. The van der Waals surface area contributed by atoms with Crippen LogP contribution in [0.15, 0.2) is 72.0 Å². The molecule has 7 nitrogen and oxygen atoms in total. The minimum Gasteiger partial charge on any atom is -0.439 e. The number of nitrogens with one attached hydrogen (secondary N) is 1. The van der Waals surface area contributed by atoms with Crippen molar-refractivity contribution in [3.63, 3.8) is 0 Å². The quantitative estimate of drug-likeness (QED) is 0.335. The minimum absolute atomic E-state index is 0.0657. The molecule has 0 radical (unpaired) electrons. The summed E-state index contributed by atoms with van der Waals surface area (Å²) in [7, 11) is 0. The summed E-state index contributed by atoms with van der Waals surface area (Å²) in [5, 5.41) is 6.45. The summed E-state index contributed by atoms with van der Waals surface area (Å²) in [6, 6.07) is 16.4. The number of carbonyl (C=O) groups is 1. The molecular formula is C22H21FN4O3. The number of oxime groups is 1. The maximum Gasteiger partial charge on any atom is 0.265 e. The molecule has 0 spiro atoms. The van der Waals surface area contributed by atoms with Crippen LogP contribution in [0, 0.1) is 5.82 Å². The van der Waals surface area contributed by atoms with E-state index in [9.17, 15) is 9.18 Å². The zero-order valence-electron chi connectivity index (χ0n) is 16.3. The maximum atomic E-state index is 12.9. The number of anilines is 1. The standard InChI is InChI=1S/C22H21FN4O3/c1-2-15-3-8-18(9-4-15)26-20(28)14-29-27-22(24)16-5-12-21(25-13-16)30-19-10-6-17(23)7-11-19/h3-13H,2,14H2,1H3,(H2,24,27)(H,26,28). The predicted molar refractivity (Wildman–Crippen MR) is 112 cm³/mol. The molecule has 0 atom stereocenters. The molecule has 0 aliphatic rings. The van der Waals surface area contributed by atoms with Gasteiger partial charge in [-0.15, -0.1) is 0 Å². The zero-order valence-corrected chi connectivity index (χ0v) is 16.3. The van der Waals surface area contributed by atoms with Crippen molar-refractivity contribution in [2.24, 2.45) is 10.9 Å². The number of aryl methyl sites for hydroxylation is 1. The van der Waals surface area contributed by atoms with Gasteiger partial charge in [-0.3, -0.25) is 4.79 Å². The SMILES string of the molecule is CCc1ccc(NC(=O)CO/N=C(\N)c2ccc(Oc3ccc(F)cc3)nc2)cc1. The molecule has 2 aromatic carbocycles. The molecule has 30 heavy (non-hydrogen) atoms. The first-order chi connectivity index (χ1) is 14.5. The van der Waals surface area contributed by atoms with E-state index in [4.69, 9.17) is 15.3 Å².